The summed E-state index contributed by atoms with van der Waals surface area (Å²) in [4.78, 5) is 36.7. The molecule has 2 fully saturated rings. The lowest BCUT2D eigenvalue weighted by molar-refractivity contribution is -0.142. The SMILES string of the molecule is Cn1nc(N2CCC(=O)NC2=O)c2cc(F)c([C@@H]3CCN(CC(=O)O)CC3(F)F)cc21. The van der Waals surface area contributed by atoms with Crippen molar-refractivity contribution in [2.24, 2.45) is 7.05 Å². The number of nitrogens with one attached hydrogen (secondary N) is 1. The first-order valence-corrected chi connectivity index (χ1v) is 9.66. The Kier molecular flexibility index (Phi) is 5.12. The smallest absolute Gasteiger partial charge is 0.329 e. The van der Waals surface area contributed by atoms with Gasteiger partial charge in [-0.25, -0.2) is 18.0 Å². The highest BCUT2D eigenvalue weighted by Gasteiger charge is 2.46. The maximum atomic E-state index is 15.0. The van der Waals surface area contributed by atoms with Crippen molar-refractivity contribution < 1.29 is 32.7 Å². The Labute approximate surface area is 174 Å². The molecular formula is C19H20F3N5O4. The molecule has 0 spiro atoms. The molecule has 0 aliphatic carbocycles. The summed E-state index contributed by atoms with van der Waals surface area (Å²) in [5, 5.41) is 15.5. The minimum Gasteiger partial charge on any atom is -0.480 e. The second-order valence-corrected chi connectivity index (χ2v) is 7.80. The zero-order chi connectivity index (χ0) is 22.5. The van der Waals surface area contributed by atoms with Gasteiger partial charge in [-0.05, 0) is 30.7 Å². The Hall–Kier alpha value is -3.15. The number of aliphatic carboxylic acids is 1. The average molecular weight is 439 g/mol. The van der Waals surface area contributed by atoms with Crippen molar-refractivity contribution in [1.82, 2.24) is 20.0 Å². The monoisotopic (exact) mass is 439 g/mol. The summed E-state index contributed by atoms with van der Waals surface area (Å²) in [6.45, 7) is -1.11. The number of carboxylic acid groups (broad SMARTS) is 1. The van der Waals surface area contributed by atoms with Gasteiger partial charge < -0.3 is 5.11 Å². The number of alkyl halides is 2. The molecule has 1 atom stereocenters. The summed E-state index contributed by atoms with van der Waals surface area (Å²) in [7, 11) is 1.55. The van der Waals surface area contributed by atoms with E-state index in [2.05, 4.69) is 10.4 Å². The van der Waals surface area contributed by atoms with Gasteiger partial charge in [0.2, 0.25) is 5.91 Å². The van der Waals surface area contributed by atoms with E-state index in [0.717, 1.165) is 11.0 Å². The second-order valence-electron chi connectivity index (χ2n) is 7.80. The Morgan fingerprint density at radius 3 is 2.71 bits per heavy atom. The van der Waals surface area contributed by atoms with Crippen LogP contribution in [0.4, 0.5) is 23.8 Å². The Balaban J connectivity index is 1.69. The van der Waals surface area contributed by atoms with Gasteiger partial charge in [0.1, 0.15) is 5.82 Å². The molecule has 2 aliphatic rings. The molecule has 166 valence electrons. The van der Waals surface area contributed by atoms with Gasteiger partial charge in [-0.1, -0.05) is 0 Å². The van der Waals surface area contributed by atoms with Crippen molar-refractivity contribution in [3.05, 3.63) is 23.5 Å². The van der Waals surface area contributed by atoms with E-state index in [9.17, 15) is 23.2 Å². The highest BCUT2D eigenvalue weighted by atomic mass is 19.3. The van der Waals surface area contributed by atoms with Gasteiger partial charge in [0.25, 0.3) is 5.92 Å². The number of nitrogens with zero attached hydrogens (tertiary/aromatic N) is 4. The van der Waals surface area contributed by atoms with Crippen LogP contribution in [0, 0.1) is 5.82 Å². The summed E-state index contributed by atoms with van der Waals surface area (Å²) in [5.41, 5.74) is 0.181. The normalized spacial score (nSPS) is 22.1. The van der Waals surface area contributed by atoms with Crippen LogP contribution in [0.2, 0.25) is 0 Å². The van der Waals surface area contributed by atoms with Crippen molar-refractivity contribution in [3.8, 4) is 0 Å². The van der Waals surface area contributed by atoms with Gasteiger partial charge in [-0.2, -0.15) is 5.10 Å². The lowest BCUT2D eigenvalue weighted by atomic mass is 9.85. The number of aryl methyl sites for hydroxylation is 1. The molecule has 1 aromatic heterocycles. The fourth-order valence-corrected chi connectivity index (χ4v) is 4.23. The van der Waals surface area contributed by atoms with Crippen LogP contribution in [0.5, 0.6) is 0 Å². The Morgan fingerprint density at radius 2 is 2.06 bits per heavy atom. The van der Waals surface area contributed by atoms with Gasteiger partial charge in [0.15, 0.2) is 5.82 Å². The number of carbonyl (C=O) groups is 3. The van der Waals surface area contributed by atoms with Crippen LogP contribution < -0.4 is 10.2 Å². The quantitative estimate of drug-likeness (QED) is 0.751. The summed E-state index contributed by atoms with van der Waals surface area (Å²) >= 11 is 0. The second kappa shape index (κ2) is 7.52. The van der Waals surface area contributed by atoms with E-state index >= 15 is 4.39 Å². The third-order valence-electron chi connectivity index (χ3n) is 5.67. The van der Waals surface area contributed by atoms with Gasteiger partial charge in [0, 0.05) is 25.4 Å². The van der Waals surface area contributed by atoms with Crippen LogP contribution in [-0.4, -0.2) is 69.8 Å². The Bertz CT molecular complexity index is 1090. The fourth-order valence-electron chi connectivity index (χ4n) is 4.23. The van der Waals surface area contributed by atoms with Crippen molar-refractivity contribution in [3.63, 3.8) is 0 Å². The van der Waals surface area contributed by atoms with Crippen LogP contribution >= 0.6 is 0 Å². The number of hydrogen-bond donors (Lipinski definition) is 2. The number of urea groups is 1. The van der Waals surface area contributed by atoms with E-state index in [1.165, 1.54) is 15.6 Å². The van der Waals surface area contributed by atoms with E-state index in [1.807, 2.05) is 0 Å². The summed E-state index contributed by atoms with van der Waals surface area (Å²) < 4.78 is 46.0. The van der Waals surface area contributed by atoms with Crippen LogP contribution in [0.3, 0.4) is 0 Å². The molecule has 3 heterocycles. The first-order valence-electron chi connectivity index (χ1n) is 9.66. The minimum atomic E-state index is -3.32. The van der Waals surface area contributed by atoms with Crippen molar-refractivity contribution in [1.29, 1.82) is 0 Å². The number of likely N-dealkylation sites (tertiary alicyclic amines) is 1. The van der Waals surface area contributed by atoms with Crippen molar-refractivity contribution in [2.75, 3.05) is 31.1 Å². The molecule has 0 radical (unpaired) electrons. The van der Waals surface area contributed by atoms with Gasteiger partial charge >= 0.3 is 12.0 Å². The molecule has 3 amide bonds. The number of piperidine rings is 1. The number of carboxylic acids is 1. The zero-order valence-corrected chi connectivity index (χ0v) is 16.6. The van der Waals surface area contributed by atoms with E-state index in [0.29, 0.717) is 5.52 Å². The predicted octanol–water partition coefficient (Wildman–Crippen LogP) is 1.67. The highest BCUT2D eigenvalue weighted by Crippen LogP contribution is 2.43. The number of anilines is 1. The van der Waals surface area contributed by atoms with E-state index in [1.54, 1.807) is 7.05 Å². The van der Waals surface area contributed by atoms with E-state index < -0.39 is 48.7 Å². The molecule has 0 unspecified atom stereocenters. The number of halogens is 3. The molecule has 0 saturated carbocycles. The lowest BCUT2D eigenvalue weighted by Gasteiger charge is -2.38. The molecule has 0 bridgehead atoms. The maximum absolute atomic E-state index is 15.0. The van der Waals surface area contributed by atoms with Crippen LogP contribution in [-0.2, 0) is 16.6 Å². The molecule has 9 nitrogen and oxygen atoms in total. The molecule has 1 aromatic carbocycles. The minimum absolute atomic E-state index is 0.0610. The first kappa shape index (κ1) is 21.1. The molecule has 4 rings (SSSR count). The summed E-state index contributed by atoms with van der Waals surface area (Å²) in [6.07, 6.45) is -0.0461. The van der Waals surface area contributed by atoms with Crippen LogP contribution in [0.15, 0.2) is 12.1 Å². The zero-order valence-electron chi connectivity index (χ0n) is 16.6. The Morgan fingerprint density at radius 1 is 1.32 bits per heavy atom. The third kappa shape index (κ3) is 3.82. The molecule has 2 N–H and O–H groups in total. The first-order chi connectivity index (χ1) is 14.6. The number of benzene rings is 1. The van der Waals surface area contributed by atoms with Crippen LogP contribution in [0.1, 0.15) is 24.3 Å². The van der Waals surface area contributed by atoms with Crippen molar-refractivity contribution in [2.45, 2.75) is 24.7 Å². The lowest BCUT2D eigenvalue weighted by Crippen LogP contribution is -2.49. The summed E-state index contributed by atoms with van der Waals surface area (Å²) in [5.74, 6) is -7.09. The number of carbonyl (C=O) groups excluding carboxylic acids is 2. The predicted molar refractivity (Wildman–Crippen MR) is 103 cm³/mol. The number of imide groups is 1. The van der Waals surface area contributed by atoms with Gasteiger partial charge in [0.05, 0.1) is 24.5 Å². The molecule has 2 aliphatic heterocycles. The molecule has 2 saturated heterocycles. The number of aromatic nitrogens is 2. The number of amides is 3. The van der Waals surface area contributed by atoms with Gasteiger partial charge in [-0.3, -0.25) is 29.4 Å². The van der Waals surface area contributed by atoms with Gasteiger partial charge in [-0.15, -0.1) is 0 Å². The van der Waals surface area contributed by atoms with Crippen molar-refractivity contribution >= 4 is 34.6 Å². The topological polar surface area (TPSA) is 108 Å². The fraction of sp³-hybridized carbons (Fsp3) is 0.474. The molecular weight excluding hydrogens is 419 g/mol. The molecule has 31 heavy (non-hydrogen) atoms. The number of fused-ring (bicyclic) bond motifs is 1. The van der Waals surface area contributed by atoms with Crippen LogP contribution in [0.25, 0.3) is 10.9 Å². The molecule has 2 aromatic rings. The van der Waals surface area contributed by atoms with E-state index in [4.69, 9.17) is 5.11 Å². The third-order valence-corrected chi connectivity index (χ3v) is 5.67. The number of rotatable bonds is 4. The van der Waals surface area contributed by atoms with E-state index in [-0.39, 0.29) is 42.7 Å². The largest absolute Gasteiger partial charge is 0.480 e. The average Bonchev–Trinajstić information content (AvgIpc) is 2.96. The highest BCUT2D eigenvalue weighted by molar-refractivity contribution is 6.08. The standard InChI is InChI=1S/C19H20F3N5O4/c1-25-14-7-10(12-2-4-26(8-16(29)30)9-19(12,21)22)13(20)6-11(14)17(24-25)27-5-3-15(28)23-18(27)31/h6-7,12H,2-5,8-9H2,1H3,(H,29,30)(H,23,28,31)/t12-/m0/s1. The maximum Gasteiger partial charge on any atom is 0.329 e. The summed E-state index contributed by atoms with van der Waals surface area (Å²) in [6, 6.07) is 1.70. The number of hydrogen-bond acceptors (Lipinski definition) is 5. The molecule has 12 heteroatoms.